The first kappa shape index (κ1) is 24.7. The van der Waals surface area contributed by atoms with Crippen LogP contribution in [0.4, 0.5) is 0 Å². The molecule has 26 heavy (non-hydrogen) atoms. The van der Waals surface area contributed by atoms with Gasteiger partial charge in [0.2, 0.25) is 0 Å². The first-order chi connectivity index (χ1) is 11.2. The molecule has 1 aliphatic heterocycles. The van der Waals surface area contributed by atoms with Gasteiger partial charge in [0, 0.05) is 0 Å². The van der Waals surface area contributed by atoms with E-state index in [0.717, 1.165) is 23.7 Å². The van der Waals surface area contributed by atoms with Crippen LogP contribution >= 0.6 is 0 Å². The first-order valence-electron chi connectivity index (χ1n) is 9.92. The normalized spacial score (nSPS) is 25.8. The Balaban J connectivity index is 0.00000169. The van der Waals surface area contributed by atoms with Crippen molar-refractivity contribution in [2.75, 3.05) is 0 Å². The average Bonchev–Trinajstić information content (AvgIpc) is 3.06. The van der Waals surface area contributed by atoms with Crippen molar-refractivity contribution in [1.82, 2.24) is 0 Å². The Labute approximate surface area is 186 Å². The van der Waals surface area contributed by atoms with Crippen molar-refractivity contribution in [2.45, 2.75) is 67.5 Å². The van der Waals surface area contributed by atoms with Gasteiger partial charge in [-0.15, -0.1) is 0 Å². The summed E-state index contributed by atoms with van der Waals surface area (Å²) in [5.41, 5.74) is 3.47. The topological polar surface area (TPSA) is 0 Å². The van der Waals surface area contributed by atoms with Crippen LogP contribution in [-0.4, -0.2) is 8.07 Å². The van der Waals surface area contributed by atoms with E-state index in [2.05, 4.69) is 66.8 Å². The number of allylic oxidation sites excluding steroid dienone is 8. The van der Waals surface area contributed by atoms with Crippen LogP contribution in [0.25, 0.3) is 0 Å². The Bertz CT molecular complexity index is 624. The molecule has 0 amide bonds. The molecule has 2 aliphatic carbocycles. The molecule has 0 bridgehead atoms. The van der Waals surface area contributed by atoms with Gasteiger partial charge in [0.25, 0.3) is 0 Å². The minimum absolute atomic E-state index is 0. The third-order valence-electron chi connectivity index (χ3n) is 6.33. The molecular formula is C22H34Cl2SiZr. The van der Waals surface area contributed by atoms with E-state index in [1.54, 1.807) is 11.1 Å². The fourth-order valence-corrected chi connectivity index (χ4v) is 19.5. The van der Waals surface area contributed by atoms with Crippen LogP contribution in [0.5, 0.6) is 0 Å². The van der Waals surface area contributed by atoms with E-state index in [1.165, 1.54) is 12.8 Å². The summed E-state index contributed by atoms with van der Waals surface area (Å²) in [5.74, 6) is 3.07. The van der Waals surface area contributed by atoms with Crippen molar-refractivity contribution in [2.24, 2.45) is 23.7 Å². The second kappa shape index (κ2) is 8.98. The minimum atomic E-state index is -1.53. The van der Waals surface area contributed by atoms with Gasteiger partial charge in [-0.1, -0.05) is 0 Å². The summed E-state index contributed by atoms with van der Waals surface area (Å²) in [6.07, 6.45) is 7.85. The van der Waals surface area contributed by atoms with Crippen LogP contribution in [0.15, 0.2) is 40.3 Å². The molecular weight excluding hydrogens is 454 g/mol. The van der Waals surface area contributed by atoms with E-state index in [-0.39, 0.29) is 24.8 Å². The van der Waals surface area contributed by atoms with E-state index in [1.807, 2.05) is 17.0 Å². The van der Waals surface area contributed by atoms with Crippen LogP contribution < -0.4 is 24.8 Å². The third-order valence-corrected chi connectivity index (χ3v) is 15.4. The number of halogens is 2. The Kier molecular flexibility index (Phi) is 8.52. The maximum absolute atomic E-state index is 2.69. The van der Waals surface area contributed by atoms with E-state index < -0.39 is 31.3 Å². The molecule has 0 nitrogen and oxygen atoms in total. The molecule has 1 heterocycles. The SMILES string of the molecule is CCC1=CC(C(C)C)[C]2=C1[Si](C)(C)C1=[C]([Zr+2]2)C(C(C)C)C=C1CC.[Cl-].[Cl-]. The molecule has 0 aromatic carbocycles. The van der Waals surface area contributed by atoms with E-state index >= 15 is 0 Å². The van der Waals surface area contributed by atoms with E-state index in [0.29, 0.717) is 0 Å². The molecule has 2 atom stereocenters. The van der Waals surface area contributed by atoms with Crippen molar-refractivity contribution in [3.8, 4) is 0 Å². The Hall–Kier alpha value is 0.640. The standard InChI is InChI=1S/C22H34Si.2ClH.Zr/c1-9-17-11-19(15(3)4)13-21(17)23(7,8)22-14-20(16(5)6)12-18(22)10-2;;;/h11-12,15-16,19-20H,9-10H2,1-8H3;2*1H;/q;;;+2/p-2. The molecule has 0 N–H and O–H groups in total. The smallest absolute Gasteiger partial charge is 1.00 e. The van der Waals surface area contributed by atoms with Gasteiger partial charge >= 0.3 is 163 Å². The Morgan fingerprint density at radius 2 is 1.15 bits per heavy atom. The summed E-state index contributed by atoms with van der Waals surface area (Å²) < 4.78 is 3.97. The molecule has 4 heteroatoms. The molecule has 0 fully saturated rings. The maximum Gasteiger partial charge on any atom is -1.00 e. The molecule has 3 rings (SSSR count). The van der Waals surface area contributed by atoms with Gasteiger partial charge in [-0.2, -0.15) is 0 Å². The summed E-state index contributed by atoms with van der Waals surface area (Å²) in [4.78, 5) is 0. The van der Waals surface area contributed by atoms with Crippen molar-refractivity contribution >= 4 is 8.07 Å². The van der Waals surface area contributed by atoms with Crippen LogP contribution in [0, 0.1) is 23.7 Å². The largest absolute Gasteiger partial charge is 1.00 e. The molecule has 0 radical (unpaired) electrons. The number of rotatable bonds is 4. The first-order valence-corrected chi connectivity index (χ1v) is 15.4. The molecule has 3 aliphatic rings. The quantitative estimate of drug-likeness (QED) is 0.510. The average molecular weight is 489 g/mol. The van der Waals surface area contributed by atoms with E-state index in [9.17, 15) is 0 Å². The fraction of sp³-hybridized carbons (Fsp3) is 0.636. The molecule has 0 saturated heterocycles. The van der Waals surface area contributed by atoms with Crippen LogP contribution in [0.3, 0.4) is 0 Å². The van der Waals surface area contributed by atoms with E-state index in [4.69, 9.17) is 0 Å². The van der Waals surface area contributed by atoms with Gasteiger partial charge < -0.3 is 24.8 Å². The molecule has 0 saturated carbocycles. The summed E-state index contributed by atoms with van der Waals surface area (Å²) >= 11 is -0.618. The molecule has 2 unspecified atom stereocenters. The van der Waals surface area contributed by atoms with Crippen molar-refractivity contribution in [3.63, 3.8) is 0 Å². The Morgan fingerprint density at radius 3 is 1.42 bits per heavy atom. The monoisotopic (exact) mass is 486 g/mol. The second-order valence-electron chi connectivity index (χ2n) is 8.96. The van der Waals surface area contributed by atoms with Crippen molar-refractivity contribution in [3.05, 3.63) is 40.3 Å². The number of hydrogen-bond acceptors (Lipinski definition) is 0. The zero-order valence-corrected chi connectivity index (χ0v) is 22.6. The predicted molar refractivity (Wildman–Crippen MR) is 105 cm³/mol. The predicted octanol–water partition coefficient (Wildman–Crippen LogP) is 0.630. The molecule has 144 valence electrons. The summed E-state index contributed by atoms with van der Waals surface area (Å²) in [6, 6.07) is 0. The van der Waals surface area contributed by atoms with Crippen molar-refractivity contribution in [1.29, 1.82) is 0 Å². The van der Waals surface area contributed by atoms with Crippen LogP contribution in [0.2, 0.25) is 13.1 Å². The maximum atomic E-state index is 2.69. The summed E-state index contributed by atoms with van der Waals surface area (Å²) in [5, 5.41) is 3.83. The van der Waals surface area contributed by atoms with Crippen LogP contribution in [-0.2, 0) is 23.2 Å². The fourth-order valence-electron chi connectivity index (χ4n) is 5.12. The zero-order chi connectivity index (χ0) is 17.8. The van der Waals surface area contributed by atoms with Gasteiger partial charge in [0.15, 0.2) is 0 Å². The molecule has 0 aromatic heterocycles. The van der Waals surface area contributed by atoms with Gasteiger partial charge in [-0.25, -0.2) is 0 Å². The third kappa shape index (κ3) is 3.74. The van der Waals surface area contributed by atoms with Gasteiger partial charge in [0.05, 0.1) is 0 Å². The van der Waals surface area contributed by atoms with Gasteiger partial charge in [-0.3, -0.25) is 0 Å². The van der Waals surface area contributed by atoms with Crippen molar-refractivity contribution < 1.29 is 48.0 Å². The zero-order valence-electron chi connectivity index (χ0n) is 17.6. The van der Waals surface area contributed by atoms with Gasteiger partial charge in [0.1, 0.15) is 0 Å². The summed E-state index contributed by atoms with van der Waals surface area (Å²) in [7, 11) is -1.53. The number of hydrogen-bond donors (Lipinski definition) is 0. The summed E-state index contributed by atoms with van der Waals surface area (Å²) in [6.45, 7) is 19.8. The van der Waals surface area contributed by atoms with Gasteiger partial charge in [-0.05, 0) is 0 Å². The van der Waals surface area contributed by atoms with Crippen LogP contribution in [0.1, 0.15) is 54.4 Å². The minimum Gasteiger partial charge on any atom is -1.00 e. The Morgan fingerprint density at radius 1 is 0.808 bits per heavy atom. The second-order valence-corrected chi connectivity index (χ2v) is 16.5. The molecule has 0 spiro atoms. The molecule has 0 aromatic rings.